The average Bonchev–Trinajstić information content (AvgIpc) is 3.41. The van der Waals surface area contributed by atoms with Crippen LogP contribution in [0.25, 0.3) is 10.2 Å². The SMILES string of the molecule is O=C(COC(=O)CCc1nc2ccccc2s1)Nc1ccc(N2CCCC2)cc1. The number of aryl methyl sites for hydroxylation is 1. The molecule has 7 heteroatoms. The van der Waals surface area contributed by atoms with Crippen molar-refractivity contribution in [1.82, 2.24) is 4.98 Å². The molecule has 0 unspecified atom stereocenters. The number of aromatic nitrogens is 1. The number of fused-ring (bicyclic) bond motifs is 1. The van der Waals surface area contributed by atoms with Crippen LogP contribution in [-0.4, -0.2) is 36.6 Å². The second kappa shape index (κ2) is 9.05. The van der Waals surface area contributed by atoms with Gasteiger partial charge in [0.25, 0.3) is 5.91 Å². The molecule has 150 valence electrons. The van der Waals surface area contributed by atoms with Crippen molar-refractivity contribution in [3.8, 4) is 0 Å². The number of esters is 1. The number of rotatable bonds is 7. The van der Waals surface area contributed by atoms with E-state index in [2.05, 4.69) is 15.2 Å². The second-order valence-electron chi connectivity index (χ2n) is 7.03. The first-order valence-electron chi connectivity index (χ1n) is 9.82. The number of carbonyl (C=O) groups excluding carboxylic acids is 2. The van der Waals surface area contributed by atoms with Crippen LogP contribution in [0, 0.1) is 0 Å². The summed E-state index contributed by atoms with van der Waals surface area (Å²) in [5.41, 5.74) is 2.81. The summed E-state index contributed by atoms with van der Waals surface area (Å²) >= 11 is 1.57. The summed E-state index contributed by atoms with van der Waals surface area (Å²) < 4.78 is 6.20. The largest absolute Gasteiger partial charge is 0.456 e. The minimum atomic E-state index is -0.399. The molecule has 0 radical (unpaired) electrons. The summed E-state index contributed by atoms with van der Waals surface area (Å²) in [6.45, 7) is 1.88. The molecule has 29 heavy (non-hydrogen) atoms. The molecule has 0 aliphatic carbocycles. The third-order valence-corrected chi connectivity index (χ3v) is 5.96. The first-order chi connectivity index (χ1) is 14.2. The third kappa shape index (κ3) is 5.12. The molecule has 1 fully saturated rings. The number of benzene rings is 2. The van der Waals surface area contributed by atoms with E-state index in [1.807, 2.05) is 48.5 Å². The van der Waals surface area contributed by atoms with Gasteiger partial charge in [-0.2, -0.15) is 0 Å². The van der Waals surface area contributed by atoms with Gasteiger partial charge in [0.05, 0.1) is 21.6 Å². The lowest BCUT2D eigenvalue weighted by Crippen LogP contribution is -2.21. The van der Waals surface area contributed by atoms with Gasteiger partial charge in [-0.05, 0) is 49.2 Å². The van der Waals surface area contributed by atoms with Gasteiger partial charge in [0, 0.05) is 30.9 Å². The fourth-order valence-corrected chi connectivity index (χ4v) is 4.35. The maximum atomic E-state index is 12.0. The zero-order valence-corrected chi connectivity index (χ0v) is 16.9. The Kier molecular flexibility index (Phi) is 6.05. The molecule has 2 aromatic carbocycles. The number of ether oxygens (including phenoxy) is 1. The lowest BCUT2D eigenvalue weighted by molar-refractivity contribution is -0.147. The molecule has 3 aromatic rings. The minimum Gasteiger partial charge on any atom is -0.456 e. The van der Waals surface area contributed by atoms with Crippen molar-refractivity contribution in [2.45, 2.75) is 25.7 Å². The molecule has 1 aromatic heterocycles. The number of anilines is 2. The van der Waals surface area contributed by atoms with Gasteiger partial charge in [0.2, 0.25) is 0 Å². The third-order valence-electron chi connectivity index (χ3n) is 4.87. The van der Waals surface area contributed by atoms with Crippen molar-refractivity contribution >= 4 is 44.8 Å². The van der Waals surface area contributed by atoms with Gasteiger partial charge in [0.15, 0.2) is 6.61 Å². The number of hydrogen-bond donors (Lipinski definition) is 1. The number of hydrogen-bond acceptors (Lipinski definition) is 6. The van der Waals surface area contributed by atoms with Crippen LogP contribution in [0.4, 0.5) is 11.4 Å². The Labute approximate surface area is 173 Å². The smallest absolute Gasteiger partial charge is 0.306 e. The van der Waals surface area contributed by atoms with E-state index in [0.29, 0.717) is 12.1 Å². The van der Waals surface area contributed by atoms with Crippen molar-refractivity contribution < 1.29 is 14.3 Å². The van der Waals surface area contributed by atoms with Crippen LogP contribution in [-0.2, 0) is 20.7 Å². The van der Waals surface area contributed by atoms with Crippen molar-refractivity contribution in [1.29, 1.82) is 0 Å². The molecule has 1 saturated heterocycles. The molecular formula is C22H23N3O3S. The van der Waals surface area contributed by atoms with Gasteiger partial charge in [-0.15, -0.1) is 11.3 Å². The van der Waals surface area contributed by atoms with Gasteiger partial charge in [-0.25, -0.2) is 4.98 Å². The fourth-order valence-electron chi connectivity index (χ4n) is 3.38. The van der Waals surface area contributed by atoms with E-state index in [0.717, 1.165) is 28.3 Å². The predicted molar refractivity (Wildman–Crippen MR) is 115 cm³/mol. The number of para-hydroxylation sites is 1. The lowest BCUT2D eigenvalue weighted by Gasteiger charge is -2.17. The van der Waals surface area contributed by atoms with Crippen LogP contribution in [0.5, 0.6) is 0 Å². The molecule has 6 nitrogen and oxygen atoms in total. The van der Waals surface area contributed by atoms with Gasteiger partial charge >= 0.3 is 5.97 Å². The lowest BCUT2D eigenvalue weighted by atomic mass is 10.2. The summed E-state index contributed by atoms with van der Waals surface area (Å²) in [5, 5.41) is 3.66. The van der Waals surface area contributed by atoms with Crippen molar-refractivity contribution in [2.75, 3.05) is 29.9 Å². The van der Waals surface area contributed by atoms with E-state index in [9.17, 15) is 9.59 Å². The summed E-state index contributed by atoms with van der Waals surface area (Å²) in [5.74, 6) is -0.740. The number of nitrogens with one attached hydrogen (secondary N) is 1. The molecule has 0 bridgehead atoms. The molecule has 0 atom stereocenters. The molecule has 4 rings (SSSR count). The number of nitrogens with zero attached hydrogens (tertiary/aromatic N) is 2. The topological polar surface area (TPSA) is 71.5 Å². The normalized spacial score (nSPS) is 13.6. The van der Waals surface area contributed by atoms with Crippen molar-refractivity contribution in [3.05, 3.63) is 53.5 Å². The zero-order chi connectivity index (χ0) is 20.1. The number of carbonyl (C=O) groups is 2. The standard InChI is InChI=1S/C22H23N3O3S/c26-20(23-16-7-9-17(10-8-16)25-13-3-4-14-25)15-28-22(27)12-11-21-24-18-5-1-2-6-19(18)29-21/h1-2,5-10H,3-4,11-15H2,(H,23,26). The highest BCUT2D eigenvalue weighted by atomic mass is 32.1. The van der Waals surface area contributed by atoms with Crippen LogP contribution in [0.1, 0.15) is 24.3 Å². The van der Waals surface area contributed by atoms with Gasteiger partial charge < -0.3 is 15.0 Å². The van der Waals surface area contributed by atoms with Crippen LogP contribution in [0.15, 0.2) is 48.5 Å². The maximum absolute atomic E-state index is 12.0. The van der Waals surface area contributed by atoms with Crippen LogP contribution in [0.2, 0.25) is 0 Å². The molecule has 1 amide bonds. The monoisotopic (exact) mass is 409 g/mol. The molecule has 1 aliphatic heterocycles. The van der Waals surface area contributed by atoms with E-state index in [4.69, 9.17) is 4.74 Å². The molecule has 1 aliphatic rings. The summed E-state index contributed by atoms with van der Waals surface area (Å²) in [6.07, 6.45) is 3.17. The molecule has 0 spiro atoms. The Morgan fingerprint density at radius 1 is 1.07 bits per heavy atom. The first-order valence-corrected chi connectivity index (χ1v) is 10.6. The Morgan fingerprint density at radius 3 is 2.59 bits per heavy atom. The van der Waals surface area contributed by atoms with E-state index < -0.39 is 5.97 Å². The number of thiazole rings is 1. The molecule has 2 heterocycles. The highest BCUT2D eigenvalue weighted by Crippen LogP contribution is 2.23. The summed E-state index contributed by atoms with van der Waals surface area (Å²) in [6, 6.07) is 15.6. The predicted octanol–water partition coefficient (Wildman–Crippen LogP) is 4.01. The van der Waals surface area contributed by atoms with Crippen LogP contribution in [0.3, 0.4) is 0 Å². The Morgan fingerprint density at radius 2 is 1.83 bits per heavy atom. The van der Waals surface area contributed by atoms with Crippen molar-refractivity contribution in [2.24, 2.45) is 0 Å². The Balaban J connectivity index is 1.20. The van der Waals surface area contributed by atoms with Crippen molar-refractivity contribution in [3.63, 3.8) is 0 Å². The second-order valence-corrected chi connectivity index (χ2v) is 8.14. The summed E-state index contributed by atoms with van der Waals surface area (Å²) in [7, 11) is 0. The van der Waals surface area contributed by atoms with E-state index >= 15 is 0 Å². The van der Waals surface area contributed by atoms with Gasteiger partial charge in [0.1, 0.15) is 0 Å². The zero-order valence-electron chi connectivity index (χ0n) is 16.1. The van der Waals surface area contributed by atoms with Gasteiger partial charge in [-0.1, -0.05) is 12.1 Å². The fraction of sp³-hybridized carbons (Fsp3) is 0.318. The first kappa shape index (κ1) is 19.4. The van der Waals surface area contributed by atoms with Crippen LogP contribution >= 0.6 is 11.3 Å². The molecular weight excluding hydrogens is 386 g/mol. The average molecular weight is 410 g/mol. The van der Waals surface area contributed by atoms with E-state index in [1.165, 1.54) is 18.5 Å². The molecule has 1 N–H and O–H groups in total. The molecule has 0 saturated carbocycles. The quantitative estimate of drug-likeness (QED) is 0.597. The van der Waals surface area contributed by atoms with E-state index in [1.54, 1.807) is 11.3 Å². The highest BCUT2D eigenvalue weighted by Gasteiger charge is 2.13. The highest BCUT2D eigenvalue weighted by molar-refractivity contribution is 7.18. The Bertz CT molecular complexity index is 961. The van der Waals surface area contributed by atoms with E-state index in [-0.39, 0.29) is 18.9 Å². The Hall–Kier alpha value is -2.93. The van der Waals surface area contributed by atoms with Crippen LogP contribution < -0.4 is 10.2 Å². The van der Waals surface area contributed by atoms with Gasteiger partial charge in [-0.3, -0.25) is 9.59 Å². The summed E-state index contributed by atoms with van der Waals surface area (Å²) in [4.78, 5) is 30.8. The number of amides is 1. The minimum absolute atomic E-state index is 0.206. The maximum Gasteiger partial charge on any atom is 0.306 e.